The van der Waals surface area contributed by atoms with Crippen molar-refractivity contribution < 1.29 is 9.59 Å². The molecule has 0 atom stereocenters. The van der Waals surface area contributed by atoms with E-state index in [-0.39, 0.29) is 11.6 Å². The van der Waals surface area contributed by atoms with E-state index in [1.807, 2.05) is 0 Å². The number of imidazole rings is 1. The lowest BCUT2D eigenvalue weighted by atomic mass is 10.3. The van der Waals surface area contributed by atoms with Crippen molar-refractivity contribution in [2.24, 2.45) is 5.73 Å². The first-order valence-corrected chi connectivity index (χ1v) is 4.33. The van der Waals surface area contributed by atoms with Crippen LogP contribution in [0.15, 0.2) is 6.33 Å². The second-order valence-electron chi connectivity index (χ2n) is 3.15. The molecule has 6 heteroatoms. The molecule has 3 N–H and O–H groups in total. The molecule has 0 bridgehead atoms. The van der Waals surface area contributed by atoms with Gasteiger partial charge in [-0.3, -0.25) is 9.59 Å². The number of carbonyl (C=O) groups is 2. The van der Waals surface area contributed by atoms with Crippen LogP contribution in [-0.2, 0) is 11.3 Å². The highest BCUT2D eigenvalue weighted by Crippen LogP contribution is 2.18. The molecule has 74 valence electrons. The van der Waals surface area contributed by atoms with Gasteiger partial charge < -0.3 is 15.6 Å². The maximum absolute atomic E-state index is 11.2. The first kappa shape index (κ1) is 8.74. The Morgan fingerprint density at radius 3 is 3.14 bits per heavy atom. The van der Waals surface area contributed by atoms with E-state index in [9.17, 15) is 9.59 Å². The van der Waals surface area contributed by atoms with E-state index in [1.165, 1.54) is 6.33 Å². The van der Waals surface area contributed by atoms with Crippen molar-refractivity contribution >= 4 is 17.6 Å². The number of hydrogen-bond donors (Lipinski definition) is 2. The van der Waals surface area contributed by atoms with Gasteiger partial charge in [-0.1, -0.05) is 0 Å². The van der Waals surface area contributed by atoms with Gasteiger partial charge in [0, 0.05) is 13.0 Å². The summed E-state index contributed by atoms with van der Waals surface area (Å²) in [5.41, 5.74) is 5.24. The van der Waals surface area contributed by atoms with E-state index in [4.69, 9.17) is 5.73 Å². The molecule has 0 aliphatic carbocycles. The lowest BCUT2D eigenvalue weighted by Gasteiger charge is -2.03. The SMILES string of the molecule is NC(=O)c1ncn2c1NC(=O)CCC2. The fourth-order valence-electron chi connectivity index (χ4n) is 1.47. The van der Waals surface area contributed by atoms with E-state index in [0.717, 1.165) is 6.42 Å². The summed E-state index contributed by atoms with van der Waals surface area (Å²) in [7, 11) is 0. The molecule has 2 rings (SSSR count). The number of aryl methyl sites for hydroxylation is 1. The fraction of sp³-hybridized carbons (Fsp3) is 0.375. The van der Waals surface area contributed by atoms with E-state index >= 15 is 0 Å². The van der Waals surface area contributed by atoms with Crippen LogP contribution in [0, 0.1) is 0 Å². The predicted molar refractivity (Wildman–Crippen MR) is 48.6 cm³/mol. The minimum Gasteiger partial charge on any atom is -0.364 e. The number of primary amides is 1. The molecule has 0 saturated heterocycles. The van der Waals surface area contributed by atoms with Crippen LogP contribution in [0.25, 0.3) is 0 Å². The first-order chi connectivity index (χ1) is 6.68. The Bertz CT molecular complexity index is 396. The van der Waals surface area contributed by atoms with Crippen LogP contribution in [-0.4, -0.2) is 21.4 Å². The van der Waals surface area contributed by atoms with Crippen molar-refractivity contribution in [3.05, 3.63) is 12.0 Å². The summed E-state index contributed by atoms with van der Waals surface area (Å²) in [6.07, 6.45) is 2.72. The fourth-order valence-corrected chi connectivity index (χ4v) is 1.47. The molecule has 0 fully saturated rings. The van der Waals surface area contributed by atoms with Crippen molar-refractivity contribution in [3.8, 4) is 0 Å². The minimum absolute atomic E-state index is 0.105. The van der Waals surface area contributed by atoms with Crippen LogP contribution >= 0.6 is 0 Å². The van der Waals surface area contributed by atoms with Crippen molar-refractivity contribution in [1.29, 1.82) is 0 Å². The second-order valence-corrected chi connectivity index (χ2v) is 3.15. The number of anilines is 1. The van der Waals surface area contributed by atoms with Gasteiger partial charge in [0.2, 0.25) is 5.91 Å². The zero-order valence-electron chi connectivity index (χ0n) is 7.49. The molecule has 6 nitrogen and oxygen atoms in total. The molecule has 0 spiro atoms. The molecule has 2 heterocycles. The number of carbonyl (C=O) groups excluding carboxylic acids is 2. The lowest BCUT2D eigenvalue weighted by molar-refractivity contribution is -0.116. The quantitative estimate of drug-likeness (QED) is 0.643. The summed E-state index contributed by atoms with van der Waals surface area (Å²) in [4.78, 5) is 26.0. The number of fused-ring (bicyclic) bond motifs is 1. The maximum atomic E-state index is 11.2. The third-order valence-electron chi connectivity index (χ3n) is 2.13. The molecule has 1 aliphatic heterocycles. The number of rotatable bonds is 1. The van der Waals surface area contributed by atoms with Gasteiger partial charge in [-0.25, -0.2) is 4.98 Å². The summed E-state index contributed by atoms with van der Waals surface area (Å²) >= 11 is 0. The third kappa shape index (κ3) is 1.34. The molecule has 1 aromatic heterocycles. The molecule has 14 heavy (non-hydrogen) atoms. The summed E-state index contributed by atoms with van der Waals surface area (Å²) in [6, 6.07) is 0. The van der Waals surface area contributed by atoms with E-state index in [0.29, 0.717) is 18.8 Å². The van der Waals surface area contributed by atoms with Crippen LogP contribution in [0.2, 0.25) is 0 Å². The Morgan fingerprint density at radius 2 is 2.43 bits per heavy atom. The molecular weight excluding hydrogens is 184 g/mol. The Morgan fingerprint density at radius 1 is 1.64 bits per heavy atom. The topological polar surface area (TPSA) is 90.0 Å². The largest absolute Gasteiger partial charge is 0.364 e. The molecule has 1 aromatic rings. The Kier molecular flexibility index (Phi) is 1.95. The average molecular weight is 194 g/mol. The summed E-state index contributed by atoms with van der Waals surface area (Å²) in [6.45, 7) is 0.675. The molecular formula is C8H10N4O2. The van der Waals surface area contributed by atoms with E-state index < -0.39 is 5.91 Å². The van der Waals surface area contributed by atoms with E-state index in [1.54, 1.807) is 4.57 Å². The molecule has 0 aromatic carbocycles. The summed E-state index contributed by atoms with van der Waals surface area (Å²) < 4.78 is 1.73. The van der Waals surface area contributed by atoms with Gasteiger partial charge in [0.05, 0.1) is 6.33 Å². The summed E-state index contributed by atoms with van der Waals surface area (Å²) in [5, 5.41) is 2.61. The van der Waals surface area contributed by atoms with Crippen molar-refractivity contribution in [2.75, 3.05) is 5.32 Å². The van der Waals surface area contributed by atoms with Crippen LogP contribution in [0.1, 0.15) is 23.3 Å². The predicted octanol–water partition coefficient (Wildman–Crippen LogP) is -0.286. The Hall–Kier alpha value is -1.85. The van der Waals surface area contributed by atoms with Gasteiger partial charge in [-0.2, -0.15) is 0 Å². The zero-order valence-corrected chi connectivity index (χ0v) is 7.49. The van der Waals surface area contributed by atoms with Gasteiger partial charge in [-0.15, -0.1) is 0 Å². The van der Waals surface area contributed by atoms with Crippen LogP contribution in [0.4, 0.5) is 5.82 Å². The smallest absolute Gasteiger partial charge is 0.271 e. The molecule has 2 amide bonds. The minimum atomic E-state index is -0.624. The average Bonchev–Trinajstić information content (AvgIpc) is 2.41. The standard InChI is InChI=1S/C8H10N4O2/c9-7(14)6-8-11-5(13)2-1-3-12(8)4-10-6/h4H,1-3H2,(H2,9,14)(H,11,13). The van der Waals surface area contributed by atoms with Gasteiger partial charge >= 0.3 is 0 Å². The van der Waals surface area contributed by atoms with Crippen LogP contribution in [0.5, 0.6) is 0 Å². The number of aromatic nitrogens is 2. The number of nitrogens with one attached hydrogen (secondary N) is 1. The molecule has 0 saturated carbocycles. The maximum Gasteiger partial charge on any atom is 0.271 e. The van der Waals surface area contributed by atoms with E-state index in [2.05, 4.69) is 10.3 Å². The Labute approximate surface area is 80.1 Å². The number of nitrogens with zero attached hydrogens (tertiary/aromatic N) is 2. The first-order valence-electron chi connectivity index (χ1n) is 4.33. The number of hydrogen-bond acceptors (Lipinski definition) is 3. The molecule has 1 aliphatic rings. The highest BCUT2D eigenvalue weighted by molar-refractivity contribution is 6.00. The Balaban J connectivity index is 2.44. The zero-order chi connectivity index (χ0) is 10.1. The van der Waals surface area contributed by atoms with Crippen molar-refractivity contribution in [2.45, 2.75) is 19.4 Å². The van der Waals surface area contributed by atoms with Crippen molar-refractivity contribution in [3.63, 3.8) is 0 Å². The van der Waals surface area contributed by atoms with Gasteiger partial charge in [-0.05, 0) is 6.42 Å². The van der Waals surface area contributed by atoms with Crippen LogP contribution in [0.3, 0.4) is 0 Å². The monoisotopic (exact) mass is 194 g/mol. The van der Waals surface area contributed by atoms with Crippen LogP contribution < -0.4 is 11.1 Å². The normalized spacial score (nSPS) is 15.6. The third-order valence-corrected chi connectivity index (χ3v) is 2.13. The van der Waals surface area contributed by atoms with Crippen molar-refractivity contribution in [1.82, 2.24) is 9.55 Å². The summed E-state index contributed by atoms with van der Waals surface area (Å²) in [5.74, 6) is -0.312. The number of amides is 2. The van der Waals surface area contributed by atoms with Gasteiger partial charge in [0.25, 0.3) is 5.91 Å². The number of nitrogens with two attached hydrogens (primary N) is 1. The van der Waals surface area contributed by atoms with Gasteiger partial charge in [0.15, 0.2) is 5.69 Å². The highest BCUT2D eigenvalue weighted by Gasteiger charge is 2.20. The second kappa shape index (κ2) is 3.13. The van der Waals surface area contributed by atoms with Gasteiger partial charge in [0.1, 0.15) is 5.82 Å². The molecule has 0 unspecified atom stereocenters. The molecule has 0 radical (unpaired) electrons. The lowest BCUT2D eigenvalue weighted by Crippen LogP contribution is -2.17. The highest BCUT2D eigenvalue weighted by atomic mass is 16.2.